The highest BCUT2D eigenvalue weighted by Gasteiger charge is 2.41. The fourth-order valence-electron chi connectivity index (χ4n) is 3.53. The molecular formula is C22H14ClF3N8O. The number of nitrogens with one attached hydrogen (secondary N) is 1. The van der Waals surface area contributed by atoms with Crippen molar-refractivity contribution in [2.75, 3.05) is 5.32 Å². The zero-order valence-electron chi connectivity index (χ0n) is 17.8. The van der Waals surface area contributed by atoms with Crippen LogP contribution in [0.2, 0.25) is 5.02 Å². The molecule has 0 spiro atoms. The van der Waals surface area contributed by atoms with Crippen molar-refractivity contribution in [3.8, 4) is 11.5 Å². The van der Waals surface area contributed by atoms with E-state index in [9.17, 15) is 18.0 Å². The number of hydrogen-bond donors (Lipinski definition) is 1. The van der Waals surface area contributed by atoms with Crippen LogP contribution < -0.4 is 5.32 Å². The van der Waals surface area contributed by atoms with Gasteiger partial charge in [0, 0.05) is 11.6 Å². The van der Waals surface area contributed by atoms with Crippen LogP contribution in [-0.2, 0) is 6.18 Å². The molecule has 0 aliphatic heterocycles. The number of aromatic nitrogens is 7. The van der Waals surface area contributed by atoms with Crippen LogP contribution in [-0.4, -0.2) is 40.6 Å². The van der Waals surface area contributed by atoms with E-state index in [1.54, 1.807) is 31.2 Å². The molecule has 176 valence electrons. The number of aryl methyl sites for hydroxylation is 1. The molecule has 0 fully saturated rings. The van der Waals surface area contributed by atoms with Gasteiger partial charge in [-0.1, -0.05) is 17.7 Å². The Labute approximate surface area is 200 Å². The van der Waals surface area contributed by atoms with E-state index in [1.165, 1.54) is 35.5 Å². The summed E-state index contributed by atoms with van der Waals surface area (Å²) >= 11 is 6.23. The zero-order chi connectivity index (χ0) is 24.7. The average Bonchev–Trinajstić information content (AvgIpc) is 3.45. The van der Waals surface area contributed by atoms with E-state index >= 15 is 0 Å². The van der Waals surface area contributed by atoms with Gasteiger partial charge in [-0.15, -0.1) is 4.80 Å². The van der Waals surface area contributed by atoms with Gasteiger partial charge >= 0.3 is 6.18 Å². The molecule has 0 aliphatic rings. The largest absolute Gasteiger partial charge is 0.434 e. The third-order valence-corrected chi connectivity index (χ3v) is 5.29. The normalized spacial score (nSPS) is 11.7. The van der Waals surface area contributed by atoms with E-state index in [-0.39, 0.29) is 22.2 Å². The van der Waals surface area contributed by atoms with Gasteiger partial charge in [-0.25, -0.2) is 9.67 Å². The summed E-state index contributed by atoms with van der Waals surface area (Å²) in [5.74, 6) is -0.827. The van der Waals surface area contributed by atoms with Crippen LogP contribution in [0.15, 0.2) is 61.2 Å². The highest BCUT2D eigenvalue weighted by molar-refractivity contribution is 6.32. The second kappa shape index (κ2) is 8.47. The zero-order valence-corrected chi connectivity index (χ0v) is 18.6. The predicted molar refractivity (Wildman–Crippen MR) is 121 cm³/mol. The number of hydrogen-bond acceptors (Lipinski definition) is 6. The van der Waals surface area contributed by atoms with E-state index in [0.717, 1.165) is 6.20 Å². The molecule has 1 aromatic carbocycles. The van der Waals surface area contributed by atoms with E-state index in [0.29, 0.717) is 21.3 Å². The lowest BCUT2D eigenvalue weighted by molar-refractivity contribution is -0.143. The van der Waals surface area contributed by atoms with E-state index in [4.69, 9.17) is 11.6 Å². The SMILES string of the molecule is Cc1cnn(-c2ncc(NC(=O)c3cnn(-c4cccc5ncccc45)c3C(F)(F)F)cc2Cl)n1. The van der Waals surface area contributed by atoms with Crippen molar-refractivity contribution in [3.63, 3.8) is 0 Å². The molecule has 5 aromatic rings. The first-order chi connectivity index (χ1) is 16.7. The van der Waals surface area contributed by atoms with Crippen molar-refractivity contribution >= 4 is 34.1 Å². The van der Waals surface area contributed by atoms with Crippen molar-refractivity contribution < 1.29 is 18.0 Å². The monoisotopic (exact) mass is 498 g/mol. The molecule has 0 radical (unpaired) electrons. The maximum Gasteiger partial charge on any atom is 0.434 e. The third-order valence-electron chi connectivity index (χ3n) is 5.01. The van der Waals surface area contributed by atoms with Gasteiger partial charge in [-0.05, 0) is 37.3 Å². The number of halogens is 4. The summed E-state index contributed by atoms with van der Waals surface area (Å²) < 4.78 is 43.1. The average molecular weight is 499 g/mol. The maximum absolute atomic E-state index is 14.1. The number of amides is 1. The first-order valence-corrected chi connectivity index (χ1v) is 10.5. The van der Waals surface area contributed by atoms with Crippen molar-refractivity contribution in [3.05, 3.63) is 83.2 Å². The molecule has 35 heavy (non-hydrogen) atoms. The molecule has 0 aliphatic carbocycles. The van der Waals surface area contributed by atoms with Gasteiger partial charge in [-0.2, -0.15) is 28.5 Å². The van der Waals surface area contributed by atoms with Crippen LogP contribution in [0.1, 0.15) is 21.7 Å². The Balaban J connectivity index is 1.51. The van der Waals surface area contributed by atoms with Crippen LogP contribution in [0.3, 0.4) is 0 Å². The van der Waals surface area contributed by atoms with Crippen molar-refractivity contribution in [1.82, 2.24) is 34.7 Å². The van der Waals surface area contributed by atoms with Gasteiger partial charge in [0.25, 0.3) is 5.91 Å². The molecule has 0 unspecified atom stereocenters. The van der Waals surface area contributed by atoms with Gasteiger partial charge in [-0.3, -0.25) is 9.78 Å². The van der Waals surface area contributed by atoms with Crippen LogP contribution in [0.5, 0.6) is 0 Å². The molecule has 0 atom stereocenters. The lowest BCUT2D eigenvalue weighted by atomic mass is 10.1. The van der Waals surface area contributed by atoms with E-state index in [2.05, 4.69) is 30.6 Å². The summed E-state index contributed by atoms with van der Waals surface area (Å²) in [5.41, 5.74) is -0.539. The Morgan fingerprint density at radius 2 is 1.89 bits per heavy atom. The van der Waals surface area contributed by atoms with Crippen molar-refractivity contribution in [2.24, 2.45) is 0 Å². The minimum absolute atomic E-state index is 0.0860. The minimum Gasteiger partial charge on any atom is -0.320 e. The number of carbonyl (C=O) groups excluding carboxylic acids is 1. The van der Waals surface area contributed by atoms with Crippen molar-refractivity contribution in [1.29, 1.82) is 0 Å². The molecule has 5 rings (SSSR count). The molecule has 4 aromatic heterocycles. The molecule has 0 saturated carbocycles. The molecule has 13 heteroatoms. The highest BCUT2D eigenvalue weighted by atomic mass is 35.5. The number of anilines is 1. The first-order valence-electron chi connectivity index (χ1n) is 10.1. The number of pyridine rings is 2. The summed E-state index contributed by atoms with van der Waals surface area (Å²) in [4.78, 5) is 22.4. The lowest BCUT2D eigenvalue weighted by Gasteiger charge is -2.14. The van der Waals surface area contributed by atoms with Crippen molar-refractivity contribution in [2.45, 2.75) is 13.1 Å². The quantitative estimate of drug-likeness (QED) is 0.387. The Kier molecular flexibility index (Phi) is 5.44. The summed E-state index contributed by atoms with van der Waals surface area (Å²) in [5, 5.41) is 14.9. The summed E-state index contributed by atoms with van der Waals surface area (Å²) in [6.45, 7) is 1.74. The Bertz CT molecular complexity index is 1570. The summed E-state index contributed by atoms with van der Waals surface area (Å²) in [6, 6.07) is 9.29. The number of carbonyl (C=O) groups is 1. The number of nitrogens with zero attached hydrogens (tertiary/aromatic N) is 7. The standard InChI is InChI=1S/C22H14ClF3N8O/c1-12-9-30-34(32-12)20-16(23)8-13(10-28-20)31-21(35)15-11-29-33(19(15)22(24,25)26)18-6-2-5-17-14(18)4-3-7-27-17/h2-11H,1H3,(H,31,35). The topological polar surface area (TPSA) is 103 Å². The van der Waals surface area contributed by atoms with Gasteiger partial charge in [0.1, 0.15) is 0 Å². The molecule has 1 N–H and O–H groups in total. The second-order valence-corrected chi connectivity index (χ2v) is 7.83. The van der Waals surface area contributed by atoms with E-state index in [1.807, 2.05) is 0 Å². The first kappa shape index (κ1) is 22.5. The Morgan fingerprint density at radius 1 is 1.06 bits per heavy atom. The number of alkyl halides is 3. The number of rotatable bonds is 4. The van der Waals surface area contributed by atoms with Gasteiger partial charge in [0.2, 0.25) is 0 Å². The fraction of sp³-hybridized carbons (Fsp3) is 0.0909. The molecule has 0 bridgehead atoms. The van der Waals surface area contributed by atoms with Gasteiger partial charge in [0.05, 0.1) is 51.8 Å². The lowest BCUT2D eigenvalue weighted by Crippen LogP contribution is -2.21. The highest BCUT2D eigenvalue weighted by Crippen LogP contribution is 2.35. The smallest absolute Gasteiger partial charge is 0.320 e. The maximum atomic E-state index is 14.1. The summed E-state index contributed by atoms with van der Waals surface area (Å²) in [6.07, 6.45) is 0.277. The molecule has 0 saturated heterocycles. The van der Waals surface area contributed by atoms with Crippen LogP contribution in [0, 0.1) is 6.92 Å². The van der Waals surface area contributed by atoms with Crippen LogP contribution in [0.25, 0.3) is 22.4 Å². The van der Waals surface area contributed by atoms with Crippen LogP contribution >= 0.6 is 11.6 Å². The molecule has 1 amide bonds. The number of benzene rings is 1. The molecule has 9 nitrogen and oxygen atoms in total. The number of fused-ring (bicyclic) bond motifs is 1. The second-order valence-electron chi connectivity index (χ2n) is 7.42. The summed E-state index contributed by atoms with van der Waals surface area (Å²) in [7, 11) is 0. The Hall–Kier alpha value is -4.32. The third kappa shape index (κ3) is 4.19. The molecule has 4 heterocycles. The Morgan fingerprint density at radius 3 is 2.60 bits per heavy atom. The predicted octanol–water partition coefficient (Wildman–Crippen LogP) is 4.63. The van der Waals surface area contributed by atoms with Crippen LogP contribution in [0.4, 0.5) is 18.9 Å². The fourth-order valence-corrected chi connectivity index (χ4v) is 3.77. The van der Waals surface area contributed by atoms with Gasteiger partial charge in [0.15, 0.2) is 11.5 Å². The van der Waals surface area contributed by atoms with Gasteiger partial charge < -0.3 is 5.32 Å². The minimum atomic E-state index is -4.88. The molecular weight excluding hydrogens is 485 g/mol. The van der Waals surface area contributed by atoms with E-state index < -0.39 is 23.3 Å².